The zero-order valence-electron chi connectivity index (χ0n) is 32.8. The van der Waals surface area contributed by atoms with E-state index in [4.69, 9.17) is 75.9 Å². The van der Waals surface area contributed by atoms with Crippen molar-refractivity contribution in [3.8, 4) is 0 Å². The van der Waals surface area contributed by atoms with Gasteiger partial charge < -0.3 is 85.8 Å². The molecular weight excluding hydrogens is 768 g/mol. The molecule has 2 aromatic heterocycles. The Kier molecular flexibility index (Phi) is 31.9. The van der Waals surface area contributed by atoms with Gasteiger partial charge in [0.1, 0.15) is 36.3 Å². The number of carboxylic acid groups (broad SMARTS) is 6. The summed E-state index contributed by atoms with van der Waals surface area (Å²) in [4.78, 5) is 69.9. The smallest absolute Gasteiger partial charge is 0.322 e. The zero-order valence-corrected chi connectivity index (χ0v) is 32.8. The second-order valence-corrected chi connectivity index (χ2v) is 12.8. The number of aromatic nitrogens is 3. The van der Waals surface area contributed by atoms with Crippen molar-refractivity contribution in [2.45, 2.75) is 95.5 Å². The van der Waals surface area contributed by atoms with Gasteiger partial charge in [-0.15, -0.1) is 0 Å². The number of rotatable bonds is 17. The molecular formula is C35H62N10O13. The van der Waals surface area contributed by atoms with Crippen LogP contribution in [0.15, 0.2) is 43.0 Å². The van der Waals surface area contributed by atoms with E-state index in [0.29, 0.717) is 31.7 Å². The lowest BCUT2D eigenvalue weighted by Crippen LogP contribution is -2.33. The normalized spacial score (nSPS) is 13.2. The number of hydrogen-bond acceptors (Lipinski definition) is 15. The number of fused-ring (bicyclic) bond motifs is 1. The quantitative estimate of drug-likeness (QED) is 0.0672. The van der Waals surface area contributed by atoms with Gasteiger partial charge in [-0.05, 0) is 50.3 Å². The molecule has 0 fully saturated rings. The Morgan fingerprint density at radius 1 is 0.655 bits per heavy atom. The number of carbonyl (C=O) groups is 6. The first kappa shape index (κ1) is 56.8. The Bertz CT molecular complexity index is 1600. The van der Waals surface area contributed by atoms with E-state index in [-0.39, 0.29) is 6.42 Å². The van der Waals surface area contributed by atoms with Gasteiger partial charge in [0.2, 0.25) is 0 Å². The Morgan fingerprint density at radius 3 is 1.50 bits per heavy atom. The molecule has 330 valence electrons. The Labute approximate surface area is 335 Å². The minimum atomic E-state index is -1.18. The maximum Gasteiger partial charge on any atom is 0.322 e. The van der Waals surface area contributed by atoms with E-state index < -0.39 is 78.7 Å². The molecule has 0 spiro atoms. The van der Waals surface area contributed by atoms with Crippen LogP contribution in [-0.2, 0) is 41.6 Å². The molecule has 23 nitrogen and oxygen atoms in total. The summed E-state index contributed by atoms with van der Waals surface area (Å²) in [5.74, 6) is -5.60. The van der Waals surface area contributed by atoms with Crippen molar-refractivity contribution in [1.29, 1.82) is 0 Å². The number of imidazole rings is 1. The zero-order chi connectivity index (χ0) is 45.5. The first-order valence-electron chi connectivity index (χ1n) is 17.7. The molecule has 0 aliphatic heterocycles. The van der Waals surface area contributed by atoms with Crippen LogP contribution in [0.1, 0.15) is 57.7 Å². The van der Waals surface area contributed by atoms with Crippen molar-refractivity contribution in [3.05, 3.63) is 54.2 Å². The van der Waals surface area contributed by atoms with E-state index in [9.17, 15) is 28.8 Å². The molecule has 0 saturated carbocycles. The second kappa shape index (κ2) is 32.5. The van der Waals surface area contributed by atoms with Gasteiger partial charge in [0.05, 0.1) is 12.9 Å². The summed E-state index contributed by atoms with van der Waals surface area (Å²) >= 11 is 0. The third-order valence-corrected chi connectivity index (χ3v) is 6.98. The monoisotopic (exact) mass is 830 g/mol. The van der Waals surface area contributed by atoms with Crippen molar-refractivity contribution in [2.24, 2.45) is 46.1 Å². The van der Waals surface area contributed by atoms with Crippen molar-refractivity contribution >= 4 is 46.7 Å². The number of H-pyrrole nitrogens is 2. The fraction of sp³-hybridized carbons (Fsp3) is 0.514. The third-order valence-electron chi connectivity index (χ3n) is 6.98. The molecule has 6 atom stereocenters. The van der Waals surface area contributed by atoms with E-state index in [0.717, 1.165) is 35.0 Å². The third kappa shape index (κ3) is 29.7. The predicted octanol–water partition coefficient (Wildman–Crippen LogP) is -1.73. The molecule has 58 heavy (non-hydrogen) atoms. The first-order valence-corrected chi connectivity index (χ1v) is 17.7. The number of carboxylic acids is 6. The van der Waals surface area contributed by atoms with Crippen LogP contribution in [0.5, 0.6) is 0 Å². The lowest BCUT2D eigenvalue weighted by Gasteiger charge is -2.07. The van der Waals surface area contributed by atoms with Crippen LogP contribution >= 0.6 is 0 Å². The number of aliphatic hydroxyl groups excluding tert-OH is 1. The Balaban J connectivity index is -0.000000644. The number of aromatic amines is 2. The summed E-state index contributed by atoms with van der Waals surface area (Å²) in [6.45, 7) is 5.41. The minimum absolute atomic E-state index is 0.287. The number of nitrogens with one attached hydrogen (secondary N) is 2. The minimum Gasteiger partial charge on any atom is -0.480 e. The van der Waals surface area contributed by atoms with Crippen LogP contribution in [0.3, 0.4) is 0 Å². The van der Waals surface area contributed by atoms with E-state index in [1.54, 1.807) is 6.20 Å². The fourth-order valence-electron chi connectivity index (χ4n) is 3.66. The first-order chi connectivity index (χ1) is 26.9. The number of hydrogen-bond donors (Lipinski definition) is 16. The summed E-state index contributed by atoms with van der Waals surface area (Å²) in [5.41, 5.74) is 38.7. The molecule has 1 aromatic carbocycles. The molecule has 0 amide bonds. The van der Waals surface area contributed by atoms with Crippen LogP contribution in [0.25, 0.3) is 10.9 Å². The molecule has 23 heteroatoms. The summed E-state index contributed by atoms with van der Waals surface area (Å²) in [5, 5.41) is 58.6. The predicted molar refractivity (Wildman–Crippen MR) is 213 cm³/mol. The number of nitrogens with zero attached hydrogens (tertiary/aromatic N) is 1. The number of unbranched alkanes of at least 4 members (excludes halogenated alkanes) is 1. The highest BCUT2D eigenvalue weighted by Gasteiger charge is 2.15. The van der Waals surface area contributed by atoms with Gasteiger partial charge in [-0.25, -0.2) is 4.98 Å². The summed E-state index contributed by atoms with van der Waals surface area (Å²) in [6.07, 6.45) is 8.21. The van der Waals surface area contributed by atoms with E-state index in [1.165, 1.54) is 13.3 Å². The number of para-hydroxylation sites is 1. The number of nitrogens with two attached hydrogens (primary N) is 7. The molecule has 0 aliphatic carbocycles. The molecule has 2 heterocycles. The van der Waals surface area contributed by atoms with E-state index in [1.807, 2.05) is 44.3 Å². The van der Waals surface area contributed by atoms with Gasteiger partial charge in [-0.2, -0.15) is 0 Å². The average molecular weight is 831 g/mol. The number of benzene rings is 1. The Morgan fingerprint density at radius 2 is 1.14 bits per heavy atom. The maximum absolute atomic E-state index is 10.6. The topological polar surface area (TPSA) is 471 Å². The molecule has 0 radical (unpaired) electrons. The van der Waals surface area contributed by atoms with Crippen LogP contribution in [0.4, 0.5) is 0 Å². The SMILES string of the molecule is CC(C)C[C@H](N)C(=O)O.C[C@@H](N)C(=O)O.NCCCC[C@H](N)C(=O)O.N[C@@H](Cc1cnc[nH]1)C(=O)O.N[C@H](CO)C(=O)O.N[C@H](Cc1c[nH]c2ccccc12)C(=O)O. The lowest BCUT2D eigenvalue weighted by atomic mass is 10.1. The van der Waals surface area contributed by atoms with Crippen molar-refractivity contribution < 1.29 is 64.5 Å². The van der Waals surface area contributed by atoms with Crippen molar-refractivity contribution in [1.82, 2.24) is 15.0 Å². The van der Waals surface area contributed by atoms with Crippen LogP contribution in [-0.4, -0.2) is 136 Å². The number of aliphatic carboxylic acids is 6. The van der Waals surface area contributed by atoms with Gasteiger partial charge in [0, 0.05) is 41.8 Å². The van der Waals surface area contributed by atoms with Crippen LogP contribution < -0.4 is 40.1 Å². The largest absolute Gasteiger partial charge is 0.480 e. The summed E-state index contributed by atoms with van der Waals surface area (Å²) in [7, 11) is 0. The standard InChI is InChI=1S/C11H12N2O2.C6H9N3O2.C6H14N2O2.C6H13NO2.C3H7NO3.C3H7NO2/c12-9(11(14)15)5-7-6-13-10-4-2-1-3-8(7)10;7-5(6(10)11)1-4-2-8-3-9-4;7-4-2-1-3-5(8)6(9)10;1-4(2)3-5(7)6(8)9;4-2(1-5)3(6)7;1-2(4)3(5)6/h1-4,6,9,13H,5,12H2,(H,14,15);2-3,5H,1,7H2,(H,8,9)(H,10,11);5H,1-4,7-8H2,(H,9,10);4-5H,3,7H2,1-2H3,(H,8,9);2,5H,1,4H2,(H,6,7);2H,4H2,1H3,(H,5,6)/t9-;3*5-;2*2-/m100011/s1. The van der Waals surface area contributed by atoms with Crippen LogP contribution in [0.2, 0.25) is 0 Å². The van der Waals surface area contributed by atoms with Gasteiger partial charge in [0.25, 0.3) is 0 Å². The molecule has 23 N–H and O–H groups in total. The van der Waals surface area contributed by atoms with Crippen molar-refractivity contribution in [3.63, 3.8) is 0 Å². The summed E-state index contributed by atoms with van der Waals surface area (Å²) < 4.78 is 0. The second-order valence-electron chi connectivity index (χ2n) is 12.8. The van der Waals surface area contributed by atoms with Crippen molar-refractivity contribution in [2.75, 3.05) is 13.2 Å². The summed E-state index contributed by atoms with van der Waals surface area (Å²) in [6, 6.07) is 2.80. The fourth-order valence-corrected chi connectivity index (χ4v) is 3.66. The molecule has 3 aromatic rings. The van der Waals surface area contributed by atoms with E-state index >= 15 is 0 Å². The maximum atomic E-state index is 10.6. The van der Waals surface area contributed by atoms with Gasteiger partial charge in [0.15, 0.2) is 0 Å². The van der Waals surface area contributed by atoms with Gasteiger partial charge in [-0.1, -0.05) is 38.5 Å². The lowest BCUT2D eigenvalue weighted by molar-refractivity contribution is -0.140. The van der Waals surface area contributed by atoms with E-state index in [2.05, 4.69) is 15.0 Å². The highest BCUT2D eigenvalue weighted by atomic mass is 16.4. The van der Waals surface area contributed by atoms with Gasteiger partial charge in [-0.3, -0.25) is 28.8 Å². The van der Waals surface area contributed by atoms with Gasteiger partial charge >= 0.3 is 35.8 Å². The highest BCUT2D eigenvalue weighted by Crippen LogP contribution is 2.18. The molecule has 0 bridgehead atoms. The highest BCUT2D eigenvalue weighted by molar-refractivity contribution is 5.84. The molecule has 3 rings (SSSR count). The molecule has 0 unspecified atom stereocenters. The number of aliphatic hydroxyl groups is 1. The van der Waals surface area contributed by atoms with Crippen LogP contribution in [0, 0.1) is 5.92 Å². The Hall–Kier alpha value is -5.53. The molecule has 0 saturated heterocycles. The molecule has 0 aliphatic rings. The average Bonchev–Trinajstić information content (AvgIpc) is 3.82.